The maximum atomic E-state index is 5.37. The van der Waals surface area contributed by atoms with E-state index in [2.05, 4.69) is 15.6 Å². The number of hydrogen-bond acceptors (Lipinski definition) is 3. The normalized spacial score (nSPS) is 28.2. The third-order valence-electron chi connectivity index (χ3n) is 4.26. The molecular weight excluding hydrogens is 258 g/mol. The van der Waals surface area contributed by atoms with Crippen LogP contribution in [0.25, 0.3) is 0 Å². The van der Waals surface area contributed by atoms with Crippen molar-refractivity contribution in [3.8, 4) is 5.88 Å². The van der Waals surface area contributed by atoms with Gasteiger partial charge in [0.15, 0.2) is 5.11 Å². The molecule has 0 saturated heterocycles. The average molecular weight is 277 g/mol. The molecule has 0 unspecified atom stereocenters. The molecule has 0 amide bonds. The molecule has 3 atom stereocenters. The highest BCUT2D eigenvalue weighted by Crippen LogP contribution is 2.44. The number of pyridine rings is 1. The van der Waals surface area contributed by atoms with Crippen molar-refractivity contribution < 1.29 is 4.74 Å². The molecule has 102 valence electrons. The first-order valence-electron chi connectivity index (χ1n) is 6.82. The minimum absolute atomic E-state index is 0.560. The Bertz CT molecular complexity index is 462. The molecule has 1 aromatic heterocycles. The molecule has 2 aliphatic carbocycles. The number of nitrogens with one attached hydrogen (secondary N) is 2. The molecule has 5 heteroatoms. The number of thiocarbonyl (C=S) groups is 1. The van der Waals surface area contributed by atoms with E-state index in [1.807, 2.05) is 12.1 Å². The Morgan fingerprint density at radius 2 is 2.26 bits per heavy atom. The predicted octanol–water partition coefficient (Wildman–Crippen LogP) is 2.57. The van der Waals surface area contributed by atoms with Crippen LogP contribution in [-0.4, -0.2) is 23.2 Å². The Hall–Kier alpha value is -1.36. The number of rotatable bonds is 3. The Morgan fingerprint density at radius 1 is 1.37 bits per heavy atom. The molecule has 0 radical (unpaired) electrons. The molecule has 4 nitrogen and oxygen atoms in total. The van der Waals surface area contributed by atoms with Gasteiger partial charge in [0.2, 0.25) is 5.88 Å². The summed E-state index contributed by atoms with van der Waals surface area (Å²) in [5.74, 6) is 2.35. The summed E-state index contributed by atoms with van der Waals surface area (Å²) in [6, 6.07) is 4.30. The van der Waals surface area contributed by atoms with Gasteiger partial charge in [0.25, 0.3) is 0 Å². The third kappa shape index (κ3) is 2.81. The van der Waals surface area contributed by atoms with Crippen LogP contribution in [-0.2, 0) is 0 Å². The van der Waals surface area contributed by atoms with Gasteiger partial charge in [-0.15, -0.1) is 0 Å². The molecule has 3 rings (SSSR count). The first-order valence-corrected chi connectivity index (χ1v) is 7.23. The van der Waals surface area contributed by atoms with Crippen molar-refractivity contribution in [3.63, 3.8) is 0 Å². The number of hydrogen-bond donors (Lipinski definition) is 2. The number of methoxy groups -OCH3 is 1. The van der Waals surface area contributed by atoms with Crippen molar-refractivity contribution in [1.82, 2.24) is 10.3 Å². The molecule has 2 aliphatic rings. The number of anilines is 1. The number of ether oxygens (including phenoxy) is 1. The van der Waals surface area contributed by atoms with E-state index in [9.17, 15) is 0 Å². The smallest absolute Gasteiger partial charge is 0.213 e. The van der Waals surface area contributed by atoms with Gasteiger partial charge < -0.3 is 15.4 Å². The first kappa shape index (κ1) is 12.7. The molecule has 2 N–H and O–H groups in total. The zero-order valence-electron chi connectivity index (χ0n) is 11.1. The highest BCUT2D eigenvalue weighted by Gasteiger charge is 2.39. The second-order valence-corrected chi connectivity index (χ2v) is 5.88. The van der Waals surface area contributed by atoms with E-state index in [1.54, 1.807) is 13.3 Å². The lowest BCUT2D eigenvalue weighted by Gasteiger charge is -2.24. The molecule has 0 spiro atoms. The highest BCUT2D eigenvalue weighted by atomic mass is 32.1. The predicted molar refractivity (Wildman–Crippen MR) is 79.4 cm³/mol. The van der Waals surface area contributed by atoms with Gasteiger partial charge in [-0.2, -0.15) is 0 Å². The van der Waals surface area contributed by atoms with E-state index in [4.69, 9.17) is 17.0 Å². The summed E-state index contributed by atoms with van der Waals surface area (Å²) >= 11 is 5.37. The minimum atomic E-state index is 0.560. The second-order valence-electron chi connectivity index (χ2n) is 5.47. The van der Waals surface area contributed by atoms with E-state index in [0.29, 0.717) is 17.0 Å². The summed E-state index contributed by atoms with van der Waals surface area (Å²) in [7, 11) is 1.61. The van der Waals surface area contributed by atoms with Crippen molar-refractivity contribution in [2.75, 3.05) is 12.4 Å². The maximum Gasteiger partial charge on any atom is 0.213 e. The maximum absolute atomic E-state index is 5.37. The zero-order chi connectivity index (χ0) is 13.2. The Kier molecular flexibility index (Phi) is 3.55. The number of nitrogens with zero attached hydrogens (tertiary/aromatic N) is 1. The van der Waals surface area contributed by atoms with Crippen LogP contribution < -0.4 is 15.4 Å². The summed E-state index contributed by atoms with van der Waals surface area (Å²) in [5, 5.41) is 7.33. The Labute approximate surface area is 118 Å². The quantitative estimate of drug-likeness (QED) is 0.832. The lowest BCUT2D eigenvalue weighted by Crippen LogP contribution is -2.40. The van der Waals surface area contributed by atoms with Crippen LogP contribution in [0.1, 0.15) is 25.7 Å². The topological polar surface area (TPSA) is 46.2 Å². The lowest BCUT2D eigenvalue weighted by molar-refractivity contribution is 0.391. The standard InChI is InChI=1S/C14H19N3OS/c1-18-13-5-4-11(8-15-13)16-14(19)17-12-7-9-2-3-10(12)6-9/h4-5,8-10,12H,2-3,6-7H2,1H3,(H2,16,17,19)/t9-,10+,12-/m0/s1. The lowest BCUT2D eigenvalue weighted by atomic mass is 9.96. The summed E-state index contributed by atoms with van der Waals surface area (Å²) in [4.78, 5) is 4.15. The molecule has 2 bridgehead atoms. The van der Waals surface area contributed by atoms with Gasteiger partial charge in [-0.3, -0.25) is 0 Å². The molecule has 1 aromatic rings. The number of aromatic nitrogens is 1. The fourth-order valence-corrected chi connectivity index (χ4v) is 3.60. The van der Waals surface area contributed by atoms with Crippen molar-refractivity contribution >= 4 is 23.0 Å². The SMILES string of the molecule is COc1ccc(NC(=S)N[C@H]2C[C@H]3CC[C@@H]2C3)cn1. The van der Waals surface area contributed by atoms with Crippen LogP contribution in [0.4, 0.5) is 5.69 Å². The summed E-state index contributed by atoms with van der Waals surface area (Å²) < 4.78 is 5.03. The molecular formula is C14H19N3OS. The third-order valence-corrected chi connectivity index (χ3v) is 4.48. The Morgan fingerprint density at radius 3 is 2.84 bits per heavy atom. The molecule has 0 aromatic carbocycles. The van der Waals surface area contributed by atoms with Gasteiger partial charge in [-0.25, -0.2) is 4.98 Å². The zero-order valence-corrected chi connectivity index (χ0v) is 11.9. The molecule has 2 saturated carbocycles. The van der Waals surface area contributed by atoms with Crippen molar-refractivity contribution in [1.29, 1.82) is 0 Å². The number of fused-ring (bicyclic) bond motifs is 2. The van der Waals surface area contributed by atoms with Crippen LogP contribution in [0.3, 0.4) is 0 Å². The second kappa shape index (κ2) is 5.33. The molecule has 0 aliphatic heterocycles. The van der Waals surface area contributed by atoms with Gasteiger partial charge in [0, 0.05) is 12.1 Å². The summed E-state index contributed by atoms with van der Waals surface area (Å²) in [6.07, 6.45) is 7.14. The van der Waals surface area contributed by atoms with Gasteiger partial charge >= 0.3 is 0 Å². The average Bonchev–Trinajstić information content (AvgIpc) is 3.02. The fourth-order valence-electron chi connectivity index (χ4n) is 3.33. The minimum Gasteiger partial charge on any atom is -0.481 e. The van der Waals surface area contributed by atoms with E-state index in [0.717, 1.165) is 17.5 Å². The van der Waals surface area contributed by atoms with Crippen LogP contribution in [0.5, 0.6) is 5.88 Å². The summed E-state index contributed by atoms with van der Waals surface area (Å²) in [6.45, 7) is 0. The largest absolute Gasteiger partial charge is 0.481 e. The van der Waals surface area contributed by atoms with Gasteiger partial charge in [0.05, 0.1) is 19.0 Å². The van der Waals surface area contributed by atoms with E-state index in [-0.39, 0.29) is 0 Å². The van der Waals surface area contributed by atoms with Crippen LogP contribution in [0, 0.1) is 11.8 Å². The van der Waals surface area contributed by atoms with Crippen LogP contribution in [0.2, 0.25) is 0 Å². The molecule has 1 heterocycles. The van der Waals surface area contributed by atoms with Crippen LogP contribution in [0.15, 0.2) is 18.3 Å². The monoisotopic (exact) mass is 277 g/mol. The van der Waals surface area contributed by atoms with Gasteiger partial charge in [0.1, 0.15) is 0 Å². The molecule has 2 fully saturated rings. The highest BCUT2D eigenvalue weighted by molar-refractivity contribution is 7.80. The molecule has 19 heavy (non-hydrogen) atoms. The Balaban J connectivity index is 1.53. The van der Waals surface area contributed by atoms with Crippen LogP contribution >= 0.6 is 12.2 Å². The summed E-state index contributed by atoms with van der Waals surface area (Å²) in [5.41, 5.74) is 0.890. The van der Waals surface area contributed by atoms with E-state index in [1.165, 1.54) is 25.7 Å². The van der Waals surface area contributed by atoms with Crippen molar-refractivity contribution in [3.05, 3.63) is 18.3 Å². The van der Waals surface area contributed by atoms with Crippen molar-refractivity contribution in [2.24, 2.45) is 11.8 Å². The van der Waals surface area contributed by atoms with E-state index < -0.39 is 0 Å². The van der Waals surface area contributed by atoms with Crippen molar-refractivity contribution in [2.45, 2.75) is 31.7 Å². The van der Waals surface area contributed by atoms with Gasteiger partial charge in [-0.1, -0.05) is 6.42 Å². The fraction of sp³-hybridized carbons (Fsp3) is 0.571. The van der Waals surface area contributed by atoms with Gasteiger partial charge in [-0.05, 0) is 49.4 Å². The van der Waals surface area contributed by atoms with E-state index >= 15 is 0 Å². The first-order chi connectivity index (χ1) is 9.24.